The fourth-order valence-corrected chi connectivity index (χ4v) is 3.08. The summed E-state index contributed by atoms with van der Waals surface area (Å²) in [6.07, 6.45) is 4.29. The number of ether oxygens (including phenoxy) is 1. The largest absolute Gasteiger partial charge is 0.497 e. The molecule has 5 nitrogen and oxygen atoms in total. The predicted molar refractivity (Wildman–Crippen MR) is 83.8 cm³/mol. The van der Waals surface area contributed by atoms with E-state index in [0.717, 1.165) is 43.4 Å². The van der Waals surface area contributed by atoms with Gasteiger partial charge in [-0.25, -0.2) is 0 Å². The Labute approximate surface area is 131 Å². The topological polar surface area (TPSA) is 51.4 Å². The zero-order valence-electron chi connectivity index (χ0n) is 13.3. The van der Waals surface area contributed by atoms with E-state index in [1.807, 2.05) is 13.0 Å². The number of rotatable bonds is 6. The van der Waals surface area contributed by atoms with Crippen molar-refractivity contribution in [2.24, 2.45) is 0 Å². The number of hydrogen-bond acceptors (Lipinski definition) is 5. The predicted octanol–water partition coefficient (Wildman–Crippen LogP) is 2.85. The molecule has 22 heavy (non-hydrogen) atoms. The molecule has 5 heteroatoms. The van der Waals surface area contributed by atoms with E-state index in [1.54, 1.807) is 7.11 Å². The van der Waals surface area contributed by atoms with Crippen molar-refractivity contribution in [2.75, 3.05) is 13.7 Å². The number of aromatic nitrogens is 2. The Morgan fingerprint density at radius 1 is 1.41 bits per heavy atom. The van der Waals surface area contributed by atoms with Gasteiger partial charge in [0.25, 0.3) is 0 Å². The van der Waals surface area contributed by atoms with Gasteiger partial charge in [-0.15, -0.1) is 0 Å². The summed E-state index contributed by atoms with van der Waals surface area (Å²) >= 11 is 0. The van der Waals surface area contributed by atoms with Gasteiger partial charge < -0.3 is 9.26 Å². The lowest BCUT2D eigenvalue weighted by molar-refractivity contribution is 0.209. The average Bonchev–Trinajstić information content (AvgIpc) is 3.18. The average molecular weight is 301 g/mol. The SMILES string of the molecule is CCc1noc(CN2CCC[C@@H]2Cc2cccc(OC)c2)n1. The summed E-state index contributed by atoms with van der Waals surface area (Å²) in [6.45, 7) is 3.89. The number of likely N-dealkylation sites (tertiary alicyclic amines) is 1. The van der Waals surface area contributed by atoms with Crippen molar-refractivity contribution in [1.29, 1.82) is 0 Å². The van der Waals surface area contributed by atoms with Gasteiger partial charge in [-0.2, -0.15) is 4.98 Å². The summed E-state index contributed by atoms with van der Waals surface area (Å²) in [5.74, 6) is 2.44. The fourth-order valence-electron chi connectivity index (χ4n) is 3.08. The molecule has 1 aromatic carbocycles. The van der Waals surface area contributed by atoms with Crippen LogP contribution in [-0.4, -0.2) is 34.7 Å². The van der Waals surface area contributed by atoms with Gasteiger partial charge in [0.1, 0.15) is 5.75 Å². The molecular weight excluding hydrogens is 278 g/mol. The normalized spacial score (nSPS) is 18.7. The molecule has 0 bridgehead atoms. The Bertz CT molecular complexity index is 611. The van der Waals surface area contributed by atoms with Crippen molar-refractivity contribution < 1.29 is 9.26 Å². The second-order valence-corrected chi connectivity index (χ2v) is 5.78. The molecule has 0 spiro atoms. The van der Waals surface area contributed by atoms with Gasteiger partial charge in [-0.05, 0) is 43.5 Å². The van der Waals surface area contributed by atoms with E-state index in [1.165, 1.54) is 18.4 Å². The quantitative estimate of drug-likeness (QED) is 0.821. The van der Waals surface area contributed by atoms with Crippen LogP contribution in [-0.2, 0) is 19.4 Å². The van der Waals surface area contributed by atoms with Gasteiger partial charge in [-0.1, -0.05) is 24.2 Å². The van der Waals surface area contributed by atoms with Gasteiger partial charge >= 0.3 is 0 Å². The van der Waals surface area contributed by atoms with Crippen molar-refractivity contribution in [3.05, 3.63) is 41.5 Å². The number of methoxy groups -OCH3 is 1. The molecule has 1 saturated heterocycles. The van der Waals surface area contributed by atoms with Gasteiger partial charge in [0.2, 0.25) is 5.89 Å². The van der Waals surface area contributed by atoms with Crippen LogP contribution in [0.3, 0.4) is 0 Å². The van der Waals surface area contributed by atoms with Crippen LogP contribution in [0.2, 0.25) is 0 Å². The van der Waals surface area contributed by atoms with Gasteiger partial charge in [-0.3, -0.25) is 4.90 Å². The fraction of sp³-hybridized carbons (Fsp3) is 0.529. The van der Waals surface area contributed by atoms with Gasteiger partial charge in [0, 0.05) is 12.5 Å². The third-order valence-corrected chi connectivity index (χ3v) is 4.27. The van der Waals surface area contributed by atoms with Crippen LogP contribution in [0.1, 0.15) is 37.0 Å². The van der Waals surface area contributed by atoms with E-state index >= 15 is 0 Å². The first-order valence-corrected chi connectivity index (χ1v) is 7.97. The van der Waals surface area contributed by atoms with Crippen molar-refractivity contribution in [1.82, 2.24) is 15.0 Å². The summed E-state index contributed by atoms with van der Waals surface area (Å²) in [7, 11) is 1.71. The first-order valence-electron chi connectivity index (χ1n) is 7.97. The number of aryl methyl sites for hydroxylation is 1. The maximum Gasteiger partial charge on any atom is 0.240 e. The van der Waals surface area contributed by atoms with Crippen LogP contribution in [0.25, 0.3) is 0 Å². The minimum absolute atomic E-state index is 0.532. The molecule has 1 aromatic heterocycles. The molecule has 1 fully saturated rings. The van der Waals surface area contributed by atoms with Crippen LogP contribution in [0.5, 0.6) is 5.75 Å². The third kappa shape index (κ3) is 3.47. The van der Waals surface area contributed by atoms with E-state index < -0.39 is 0 Å². The molecule has 0 saturated carbocycles. The van der Waals surface area contributed by atoms with E-state index in [9.17, 15) is 0 Å². The van der Waals surface area contributed by atoms with Crippen molar-refractivity contribution >= 4 is 0 Å². The molecule has 3 rings (SSSR count). The molecule has 1 aliphatic heterocycles. The first kappa shape index (κ1) is 15.0. The zero-order valence-corrected chi connectivity index (χ0v) is 13.3. The number of hydrogen-bond donors (Lipinski definition) is 0. The van der Waals surface area contributed by atoms with Crippen LogP contribution in [0, 0.1) is 0 Å². The zero-order chi connectivity index (χ0) is 15.4. The second-order valence-electron chi connectivity index (χ2n) is 5.78. The van der Waals surface area contributed by atoms with E-state index in [-0.39, 0.29) is 0 Å². The van der Waals surface area contributed by atoms with Gasteiger partial charge in [0.05, 0.1) is 13.7 Å². The van der Waals surface area contributed by atoms with Crippen molar-refractivity contribution in [3.8, 4) is 5.75 Å². The minimum Gasteiger partial charge on any atom is -0.497 e. The molecule has 2 heterocycles. The summed E-state index contributed by atoms with van der Waals surface area (Å²) in [4.78, 5) is 6.87. The highest BCUT2D eigenvalue weighted by Gasteiger charge is 2.26. The molecule has 0 aliphatic carbocycles. The highest BCUT2D eigenvalue weighted by atomic mass is 16.5. The van der Waals surface area contributed by atoms with Gasteiger partial charge in [0.15, 0.2) is 5.82 Å². The summed E-state index contributed by atoms with van der Waals surface area (Å²) in [5, 5.41) is 3.98. The van der Waals surface area contributed by atoms with E-state index in [4.69, 9.17) is 9.26 Å². The molecule has 1 atom stereocenters. The maximum absolute atomic E-state index is 5.33. The summed E-state index contributed by atoms with van der Waals surface area (Å²) in [5.41, 5.74) is 1.32. The van der Waals surface area contributed by atoms with Crippen LogP contribution in [0.4, 0.5) is 0 Å². The standard InChI is InChI=1S/C17H23N3O2/c1-3-16-18-17(22-19-16)12-20-9-5-7-14(20)10-13-6-4-8-15(11-13)21-2/h4,6,8,11,14H,3,5,7,9-10,12H2,1-2H3/t14-/m1/s1. The van der Waals surface area contributed by atoms with Crippen LogP contribution < -0.4 is 4.74 Å². The summed E-state index contributed by atoms with van der Waals surface area (Å²) in [6, 6.07) is 8.86. The van der Waals surface area contributed by atoms with Crippen LogP contribution >= 0.6 is 0 Å². The lowest BCUT2D eigenvalue weighted by Gasteiger charge is -2.23. The van der Waals surface area contributed by atoms with Crippen LogP contribution in [0.15, 0.2) is 28.8 Å². The van der Waals surface area contributed by atoms with E-state index in [0.29, 0.717) is 6.04 Å². The lowest BCUT2D eigenvalue weighted by Crippen LogP contribution is -2.30. The molecule has 0 amide bonds. The monoisotopic (exact) mass is 301 g/mol. The molecular formula is C17H23N3O2. The molecule has 2 aromatic rings. The van der Waals surface area contributed by atoms with E-state index in [2.05, 4.69) is 33.2 Å². The molecule has 1 aliphatic rings. The third-order valence-electron chi connectivity index (χ3n) is 4.27. The molecule has 0 unspecified atom stereocenters. The van der Waals surface area contributed by atoms with Crippen molar-refractivity contribution in [2.45, 2.75) is 45.2 Å². The Kier molecular flexibility index (Phi) is 4.73. The maximum atomic E-state index is 5.33. The highest BCUT2D eigenvalue weighted by molar-refractivity contribution is 5.29. The molecule has 0 N–H and O–H groups in total. The molecule has 0 radical (unpaired) electrons. The Morgan fingerprint density at radius 2 is 2.32 bits per heavy atom. The lowest BCUT2D eigenvalue weighted by atomic mass is 10.0. The second kappa shape index (κ2) is 6.92. The Morgan fingerprint density at radius 3 is 3.09 bits per heavy atom. The Balaban J connectivity index is 1.64. The highest BCUT2D eigenvalue weighted by Crippen LogP contribution is 2.24. The minimum atomic E-state index is 0.532. The number of benzene rings is 1. The smallest absolute Gasteiger partial charge is 0.240 e. The molecule has 118 valence electrons. The number of nitrogens with zero attached hydrogens (tertiary/aromatic N) is 3. The van der Waals surface area contributed by atoms with Crippen molar-refractivity contribution in [3.63, 3.8) is 0 Å². The first-order chi connectivity index (χ1) is 10.8. The summed E-state index contributed by atoms with van der Waals surface area (Å²) < 4.78 is 10.6. The Hall–Kier alpha value is -1.88.